The van der Waals surface area contributed by atoms with Crippen molar-refractivity contribution in [3.8, 4) is 0 Å². The van der Waals surface area contributed by atoms with Gasteiger partial charge in [0.15, 0.2) is 0 Å². The first-order chi connectivity index (χ1) is 9.35. The summed E-state index contributed by atoms with van der Waals surface area (Å²) in [5.74, 6) is 0. The van der Waals surface area contributed by atoms with E-state index in [-0.39, 0.29) is 11.5 Å². The van der Waals surface area contributed by atoms with Crippen LogP contribution in [0.2, 0.25) is 0 Å². The highest BCUT2D eigenvalue weighted by atomic mass is 32.2. The van der Waals surface area contributed by atoms with Crippen molar-refractivity contribution in [3.63, 3.8) is 0 Å². The zero-order valence-electron chi connectivity index (χ0n) is 12.4. The Kier molecular flexibility index (Phi) is 4.52. The van der Waals surface area contributed by atoms with Crippen molar-refractivity contribution in [2.45, 2.75) is 50.6 Å². The molecule has 0 amide bonds. The van der Waals surface area contributed by atoms with Crippen LogP contribution >= 0.6 is 0 Å². The third-order valence-electron chi connectivity index (χ3n) is 4.17. The molecule has 4 nitrogen and oxygen atoms in total. The summed E-state index contributed by atoms with van der Waals surface area (Å²) in [6, 6.07) is 7.09. The largest absolute Gasteiger partial charge is 0.316 e. The fraction of sp³-hybridized carbons (Fsp3) is 0.600. The molecule has 1 fully saturated rings. The van der Waals surface area contributed by atoms with Crippen molar-refractivity contribution in [1.29, 1.82) is 0 Å². The van der Waals surface area contributed by atoms with Crippen LogP contribution in [0.1, 0.15) is 38.7 Å². The maximum absolute atomic E-state index is 12.4. The minimum absolute atomic E-state index is 0.0319. The van der Waals surface area contributed by atoms with Gasteiger partial charge in [-0.15, -0.1) is 0 Å². The van der Waals surface area contributed by atoms with Crippen molar-refractivity contribution in [2.75, 3.05) is 7.05 Å². The summed E-state index contributed by atoms with van der Waals surface area (Å²) in [6.45, 7) is 5.00. The van der Waals surface area contributed by atoms with E-state index >= 15 is 0 Å². The number of benzene rings is 1. The predicted octanol–water partition coefficient (Wildman–Crippen LogP) is 2.26. The van der Waals surface area contributed by atoms with E-state index in [9.17, 15) is 8.42 Å². The Bertz CT molecular complexity index is 550. The molecule has 0 radical (unpaired) electrons. The molecule has 0 heterocycles. The lowest BCUT2D eigenvalue weighted by molar-refractivity contribution is 0.313. The van der Waals surface area contributed by atoms with Gasteiger partial charge < -0.3 is 5.32 Å². The van der Waals surface area contributed by atoms with E-state index in [0.717, 1.165) is 31.4 Å². The Morgan fingerprint density at radius 1 is 1.25 bits per heavy atom. The molecule has 2 N–H and O–H groups in total. The van der Waals surface area contributed by atoms with E-state index in [1.807, 2.05) is 19.2 Å². The molecular formula is C15H24N2O2S. The quantitative estimate of drug-likeness (QED) is 0.876. The molecule has 0 aromatic heterocycles. The summed E-state index contributed by atoms with van der Waals surface area (Å²) in [6.07, 6.45) is 3.08. The zero-order chi connectivity index (χ0) is 14.8. The molecule has 20 heavy (non-hydrogen) atoms. The van der Waals surface area contributed by atoms with Gasteiger partial charge in [0.05, 0.1) is 4.90 Å². The normalized spacial score (nSPS) is 22.1. The van der Waals surface area contributed by atoms with Gasteiger partial charge in [0.2, 0.25) is 10.0 Å². The molecule has 0 saturated heterocycles. The second kappa shape index (κ2) is 5.84. The highest BCUT2D eigenvalue weighted by molar-refractivity contribution is 7.89. The molecular weight excluding hydrogens is 272 g/mol. The first kappa shape index (κ1) is 15.5. The van der Waals surface area contributed by atoms with E-state index in [1.54, 1.807) is 12.1 Å². The number of rotatable bonds is 5. The summed E-state index contributed by atoms with van der Waals surface area (Å²) in [5, 5.41) is 3.05. The second-order valence-electron chi connectivity index (χ2n) is 6.23. The fourth-order valence-electron chi connectivity index (χ4n) is 2.79. The molecule has 1 atom stereocenters. The third-order valence-corrected chi connectivity index (χ3v) is 5.66. The smallest absolute Gasteiger partial charge is 0.240 e. The highest BCUT2D eigenvalue weighted by Crippen LogP contribution is 2.37. The van der Waals surface area contributed by atoms with E-state index in [0.29, 0.717) is 4.90 Å². The monoisotopic (exact) mass is 296 g/mol. The molecule has 112 valence electrons. The molecule has 0 aliphatic heterocycles. The van der Waals surface area contributed by atoms with Crippen molar-refractivity contribution in [2.24, 2.45) is 5.41 Å². The number of nitrogens with one attached hydrogen (secondary N) is 2. The molecule has 0 spiro atoms. The molecule has 5 heteroatoms. The minimum Gasteiger partial charge on any atom is -0.316 e. The Morgan fingerprint density at radius 3 is 2.40 bits per heavy atom. The molecule has 2 rings (SSSR count). The molecule has 1 aromatic rings. The molecule has 0 bridgehead atoms. The van der Waals surface area contributed by atoms with Crippen molar-refractivity contribution >= 4 is 10.0 Å². The lowest BCUT2D eigenvalue weighted by Gasteiger charge is -2.27. The van der Waals surface area contributed by atoms with E-state index < -0.39 is 10.0 Å². The first-order valence-electron chi connectivity index (χ1n) is 7.11. The van der Waals surface area contributed by atoms with Crippen LogP contribution in [0.3, 0.4) is 0 Å². The molecule has 1 aromatic carbocycles. The van der Waals surface area contributed by atoms with E-state index in [4.69, 9.17) is 0 Å². The molecule has 1 aliphatic rings. The Balaban J connectivity index is 2.14. The average Bonchev–Trinajstić information content (AvgIpc) is 2.69. The van der Waals surface area contributed by atoms with Gasteiger partial charge in [-0.05, 0) is 43.0 Å². The van der Waals surface area contributed by atoms with Gasteiger partial charge in [0.25, 0.3) is 0 Å². The standard InChI is InChI=1S/C15H24N2O2S/c1-15(2)10-4-5-14(15)17-20(18,19)13-8-6-12(7-9-13)11-16-3/h6-9,14,16-17H,4-5,10-11H2,1-3H3. The van der Waals surface area contributed by atoms with Gasteiger partial charge >= 0.3 is 0 Å². The van der Waals surface area contributed by atoms with Crippen molar-refractivity contribution in [1.82, 2.24) is 10.0 Å². The van der Waals surface area contributed by atoms with Crippen LogP contribution in [0.5, 0.6) is 0 Å². The number of sulfonamides is 1. The van der Waals surface area contributed by atoms with E-state index in [2.05, 4.69) is 23.9 Å². The number of hydrogen-bond donors (Lipinski definition) is 2. The lowest BCUT2D eigenvalue weighted by Crippen LogP contribution is -2.41. The maximum atomic E-state index is 12.4. The fourth-order valence-corrected chi connectivity index (χ4v) is 4.23. The summed E-state index contributed by atoms with van der Waals surface area (Å²) >= 11 is 0. The molecule has 1 unspecified atom stereocenters. The highest BCUT2D eigenvalue weighted by Gasteiger charge is 2.37. The van der Waals surface area contributed by atoms with Crippen LogP contribution in [0.25, 0.3) is 0 Å². The van der Waals surface area contributed by atoms with Crippen LogP contribution in [-0.2, 0) is 16.6 Å². The van der Waals surface area contributed by atoms with Gasteiger partial charge in [-0.1, -0.05) is 32.4 Å². The zero-order valence-corrected chi connectivity index (χ0v) is 13.3. The van der Waals surface area contributed by atoms with Gasteiger partial charge in [-0.25, -0.2) is 13.1 Å². The lowest BCUT2D eigenvalue weighted by atomic mass is 9.88. The maximum Gasteiger partial charge on any atom is 0.240 e. The minimum atomic E-state index is -3.42. The summed E-state index contributed by atoms with van der Waals surface area (Å²) in [4.78, 5) is 0.347. The van der Waals surface area contributed by atoms with E-state index in [1.165, 1.54) is 0 Å². The summed E-state index contributed by atoms with van der Waals surface area (Å²) in [7, 11) is -1.55. The third kappa shape index (κ3) is 3.40. The second-order valence-corrected chi connectivity index (χ2v) is 7.94. The van der Waals surface area contributed by atoms with Gasteiger partial charge in [0.1, 0.15) is 0 Å². The van der Waals surface area contributed by atoms with Gasteiger partial charge in [-0.2, -0.15) is 0 Å². The van der Waals surface area contributed by atoms with Crippen molar-refractivity contribution < 1.29 is 8.42 Å². The van der Waals surface area contributed by atoms with Crippen LogP contribution in [0.15, 0.2) is 29.2 Å². The van der Waals surface area contributed by atoms with Crippen LogP contribution in [0.4, 0.5) is 0 Å². The average molecular weight is 296 g/mol. The Labute approximate surface area is 122 Å². The van der Waals surface area contributed by atoms with Gasteiger partial charge in [-0.3, -0.25) is 0 Å². The Hall–Kier alpha value is -0.910. The van der Waals surface area contributed by atoms with Crippen molar-refractivity contribution in [3.05, 3.63) is 29.8 Å². The summed E-state index contributed by atoms with van der Waals surface area (Å²) in [5.41, 5.74) is 1.12. The first-order valence-corrected chi connectivity index (χ1v) is 8.59. The summed E-state index contributed by atoms with van der Waals surface area (Å²) < 4.78 is 27.7. The van der Waals surface area contributed by atoms with Crippen LogP contribution < -0.4 is 10.0 Å². The van der Waals surface area contributed by atoms with Gasteiger partial charge in [0, 0.05) is 12.6 Å². The SMILES string of the molecule is CNCc1ccc(S(=O)(=O)NC2CCCC2(C)C)cc1. The Morgan fingerprint density at radius 2 is 1.90 bits per heavy atom. The molecule has 1 saturated carbocycles. The topological polar surface area (TPSA) is 58.2 Å². The number of hydrogen-bond acceptors (Lipinski definition) is 3. The van der Waals surface area contributed by atoms with Crippen LogP contribution in [-0.4, -0.2) is 21.5 Å². The molecule has 1 aliphatic carbocycles. The van der Waals surface area contributed by atoms with Crippen LogP contribution in [0, 0.1) is 5.41 Å². The predicted molar refractivity (Wildman–Crippen MR) is 80.9 cm³/mol.